The van der Waals surface area contributed by atoms with Crippen LogP contribution < -0.4 is 10.1 Å². The number of rotatable bonds is 10. The van der Waals surface area contributed by atoms with Gasteiger partial charge in [-0.2, -0.15) is 5.10 Å². The lowest BCUT2D eigenvalue weighted by Gasteiger charge is -2.13. The lowest BCUT2D eigenvalue weighted by molar-refractivity contribution is 0.146. The van der Waals surface area contributed by atoms with Crippen LogP contribution in [0.3, 0.4) is 0 Å². The molecule has 0 radical (unpaired) electrons. The van der Waals surface area contributed by atoms with Gasteiger partial charge in [-0.05, 0) is 37.5 Å². The zero-order valence-corrected chi connectivity index (χ0v) is 23.7. The molecule has 41 heavy (non-hydrogen) atoms. The van der Waals surface area contributed by atoms with E-state index in [1.807, 2.05) is 56.4 Å². The minimum atomic E-state index is -0.717. The Bertz CT molecular complexity index is 1680. The van der Waals surface area contributed by atoms with Crippen molar-refractivity contribution in [2.24, 2.45) is 0 Å². The van der Waals surface area contributed by atoms with Crippen molar-refractivity contribution in [1.29, 1.82) is 0 Å². The minimum absolute atomic E-state index is 0.102. The number of nitrogens with zero attached hydrogens (tertiary/aromatic N) is 5. The normalized spacial score (nSPS) is 11.4. The van der Waals surface area contributed by atoms with E-state index >= 15 is 8.78 Å². The molecule has 0 amide bonds. The number of hydrogen-bond donors (Lipinski definition) is 1. The van der Waals surface area contributed by atoms with E-state index in [2.05, 4.69) is 24.1 Å². The molecule has 5 rings (SSSR count). The van der Waals surface area contributed by atoms with Gasteiger partial charge >= 0.3 is 0 Å². The van der Waals surface area contributed by atoms with Crippen molar-refractivity contribution < 1.29 is 18.3 Å². The zero-order valence-electron chi connectivity index (χ0n) is 23.7. The predicted octanol–water partition coefficient (Wildman–Crippen LogP) is 6.72. The molecule has 2 aromatic carbocycles. The molecule has 5 aromatic rings. The average Bonchev–Trinajstić information content (AvgIpc) is 3.31. The Labute approximate surface area is 237 Å². The van der Waals surface area contributed by atoms with Crippen LogP contribution in [0.15, 0.2) is 54.7 Å². The van der Waals surface area contributed by atoms with Crippen molar-refractivity contribution in [2.45, 2.75) is 40.2 Å². The highest BCUT2D eigenvalue weighted by atomic mass is 19.1. The Morgan fingerprint density at radius 3 is 2.46 bits per heavy atom. The molecular weight excluding hydrogens is 526 g/mol. The number of anilines is 2. The number of fused-ring (bicyclic) bond motifs is 1. The topological polar surface area (TPSA) is 87.0 Å². The quantitative estimate of drug-likeness (QED) is 0.190. The third-order valence-electron chi connectivity index (χ3n) is 6.69. The molecule has 0 unspecified atom stereocenters. The smallest absolute Gasteiger partial charge is 0.182 e. The molecule has 0 aliphatic heterocycles. The van der Waals surface area contributed by atoms with Gasteiger partial charge in [0, 0.05) is 59.5 Å². The number of ether oxygens (including phenoxy) is 2. The van der Waals surface area contributed by atoms with Crippen molar-refractivity contribution in [3.63, 3.8) is 0 Å². The second kappa shape index (κ2) is 12.0. The van der Waals surface area contributed by atoms with Gasteiger partial charge in [-0.15, -0.1) is 0 Å². The first-order valence-electron chi connectivity index (χ1n) is 13.4. The van der Waals surface area contributed by atoms with Crippen LogP contribution in [0.25, 0.3) is 22.4 Å². The second-order valence-electron chi connectivity index (χ2n) is 10.2. The molecule has 3 heterocycles. The van der Waals surface area contributed by atoms with E-state index in [-0.39, 0.29) is 30.4 Å². The van der Waals surface area contributed by atoms with Crippen LogP contribution in [0.4, 0.5) is 20.3 Å². The van der Waals surface area contributed by atoms with Gasteiger partial charge in [0.15, 0.2) is 5.82 Å². The summed E-state index contributed by atoms with van der Waals surface area (Å²) < 4.78 is 42.0. The summed E-state index contributed by atoms with van der Waals surface area (Å²) in [6.45, 7) is 8.40. The van der Waals surface area contributed by atoms with Gasteiger partial charge in [0.05, 0.1) is 18.7 Å². The van der Waals surface area contributed by atoms with Crippen molar-refractivity contribution >= 4 is 22.4 Å². The van der Waals surface area contributed by atoms with Crippen LogP contribution in [0.5, 0.6) is 5.75 Å². The van der Waals surface area contributed by atoms with E-state index in [0.29, 0.717) is 29.5 Å². The highest BCUT2D eigenvalue weighted by molar-refractivity contribution is 5.92. The molecule has 10 heteroatoms. The van der Waals surface area contributed by atoms with Crippen LogP contribution in [-0.2, 0) is 11.3 Å². The van der Waals surface area contributed by atoms with E-state index < -0.39 is 11.6 Å². The van der Waals surface area contributed by atoms with Gasteiger partial charge in [-0.1, -0.05) is 32.0 Å². The van der Waals surface area contributed by atoms with Gasteiger partial charge < -0.3 is 14.8 Å². The Kier molecular flexibility index (Phi) is 8.21. The van der Waals surface area contributed by atoms with Gasteiger partial charge in [0.25, 0.3) is 0 Å². The van der Waals surface area contributed by atoms with Crippen LogP contribution >= 0.6 is 0 Å². The molecule has 1 N–H and O–H groups in total. The Balaban J connectivity index is 1.55. The highest BCUT2D eigenvalue weighted by Crippen LogP contribution is 2.31. The third-order valence-corrected chi connectivity index (χ3v) is 6.69. The molecule has 0 aliphatic rings. The number of methoxy groups -OCH3 is 1. The van der Waals surface area contributed by atoms with E-state index in [9.17, 15) is 0 Å². The summed E-state index contributed by atoms with van der Waals surface area (Å²) in [4.78, 5) is 14.0. The number of para-hydroxylation sites is 1. The monoisotopic (exact) mass is 558 g/mol. The minimum Gasteiger partial charge on any atom is -0.491 e. The lowest BCUT2D eigenvalue weighted by atomic mass is 10.1. The molecule has 0 bridgehead atoms. The van der Waals surface area contributed by atoms with Crippen molar-refractivity contribution in [1.82, 2.24) is 24.7 Å². The molecule has 0 fully saturated rings. The second-order valence-corrected chi connectivity index (χ2v) is 10.2. The van der Waals surface area contributed by atoms with Crippen LogP contribution in [-0.4, -0.2) is 45.1 Å². The fourth-order valence-corrected chi connectivity index (χ4v) is 4.45. The van der Waals surface area contributed by atoms with Crippen molar-refractivity contribution in [2.75, 3.05) is 25.6 Å². The summed E-state index contributed by atoms with van der Waals surface area (Å²) in [7, 11) is 1.53. The number of aryl methyl sites for hydroxylation is 2. The van der Waals surface area contributed by atoms with Gasteiger partial charge in [-0.3, -0.25) is 9.67 Å². The third kappa shape index (κ3) is 6.17. The number of halogens is 2. The van der Waals surface area contributed by atoms with E-state index in [1.165, 1.54) is 19.2 Å². The lowest BCUT2D eigenvalue weighted by Crippen LogP contribution is -2.09. The van der Waals surface area contributed by atoms with Crippen molar-refractivity contribution in [3.05, 3.63) is 88.9 Å². The predicted molar refractivity (Wildman–Crippen MR) is 155 cm³/mol. The van der Waals surface area contributed by atoms with E-state index in [0.717, 1.165) is 28.0 Å². The summed E-state index contributed by atoms with van der Waals surface area (Å²) in [6.07, 6.45) is 1.81. The Morgan fingerprint density at radius 1 is 0.976 bits per heavy atom. The molecule has 8 nitrogen and oxygen atoms in total. The molecule has 0 aliphatic carbocycles. The van der Waals surface area contributed by atoms with Crippen molar-refractivity contribution in [3.8, 4) is 17.3 Å². The Morgan fingerprint density at radius 2 is 1.73 bits per heavy atom. The maximum Gasteiger partial charge on any atom is 0.182 e. The fraction of sp³-hybridized carbons (Fsp3) is 0.290. The summed E-state index contributed by atoms with van der Waals surface area (Å²) in [5.41, 5.74) is 4.70. The number of nitrogens with one attached hydrogen (secondary N) is 1. The molecular formula is C31H32F2N6O2. The van der Waals surface area contributed by atoms with Gasteiger partial charge in [0.2, 0.25) is 0 Å². The van der Waals surface area contributed by atoms with E-state index in [4.69, 9.17) is 24.5 Å². The Hall–Kier alpha value is -4.44. The largest absolute Gasteiger partial charge is 0.491 e. The van der Waals surface area contributed by atoms with Crippen LogP contribution in [0.1, 0.15) is 42.3 Å². The first kappa shape index (κ1) is 28.1. The number of benzene rings is 2. The van der Waals surface area contributed by atoms with Crippen LogP contribution in [0.2, 0.25) is 0 Å². The van der Waals surface area contributed by atoms with Gasteiger partial charge in [-0.25, -0.2) is 18.7 Å². The molecule has 0 atom stereocenters. The standard InChI is InChI=1S/C31H32F2N6O2/c1-18(2)26-15-29(35-27-12-20(4)34-16-19(27)3)37-31(36-26)30-22-8-6-7-9-28(22)39(38-30)17-23-24(32)13-21(14-25(23)33)41-11-10-40-5/h6-9,12-16,18H,10-11,17H2,1-5H3,(H,34,35,36,37). The van der Waals surface area contributed by atoms with Crippen LogP contribution in [0, 0.1) is 25.5 Å². The van der Waals surface area contributed by atoms with Gasteiger partial charge in [0.1, 0.15) is 35.5 Å². The summed E-state index contributed by atoms with van der Waals surface area (Å²) in [5.74, 6) is -0.173. The molecule has 3 aromatic heterocycles. The molecule has 0 spiro atoms. The molecule has 0 saturated carbocycles. The summed E-state index contributed by atoms with van der Waals surface area (Å²) >= 11 is 0. The first-order chi connectivity index (χ1) is 19.7. The highest BCUT2D eigenvalue weighted by Gasteiger charge is 2.20. The number of aromatic nitrogens is 5. The molecule has 212 valence electrons. The summed E-state index contributed by atoms with van der Waals surface area (Å²) in [5, 5.41) is 8.95. The maximum atomic E-state index is 15.1. The summed E-state index contributed by atoms with van der Waals surface area (Å²) in [6, 6.07) is 13.8. The molecule has 0 saturated heterocycles. The SMILES string of the molecule is COCCOc1cc(F)c(Cn2nc(-c3nc(Nc4cc(C)ncc4C)cc(C(C)C)n3)c3ccccc32)c(F)c1. The fourth-order valence-electron chi connectivity index (χ4n) is 4.45. The number of hydrogen-bond acceptors (Lipinski definition) is 7. The number of pyridine rings is 1. The average molecular weight is 559 g/mol. The first-order valence-corrected chi connectivity index (χ1v) is 13.4. The zero-order chi connectivity index (χ0) is 29.1. The maximum absolute atomic E-state index is 15.1. The van der Waals surface area contributed by atoms with E-state index in [1.54, 1.807) is 4.68 Å².